The highest BCUT2D eigenvalue weighted by molar-refractivity contribution is 5.42. The normalized spacial score (nSPS) is 10.7. The van der Waals surface area contributed by atoms with E-state index in [1.807, 2.05) is 13.0 Å². The predicted molar refractivity (Wildman–Crippen MR) is 69.7 cm³/mol. The fourth-order valence-corrected chi connectivity index (χ4v) is 1.75. The van der Waals surface area contributed by atoms with Gasteiger partial charge in [0.25, 0.3) is 5.69 Å². The lowest BCUT2D eigenvalue weighted by molar-refractivity contribution is -0.385. The molecule has 0 radical (unpaired) electrons. The minimum atomic E-state index is -0.411. The van der Waals surface area contributed by atoms with Crippen LogP contribution < -0.4 is 10.5 Å². The Hall–Kier alpha value is -1.66. The van der Waals surface area contributed by atoms with E-state index in [2.05, 4.69) is 4.90 Å². The molecule has 0 saturated heterocycles. The van der Waals surface area contributed by atoms with Crippen LogP contribution in [0.2, 0.25) is 0 Å². The number of hydrogen-bond donors (Lipinski definition) is 1. The first-order valence-electron chi connectivity index (χ1n) is 5.85. The van der Waals surface area contributed by atoms with Crippen molar-refractivity contribution in [1.82, 2.24) is 4.90 Å². The lowest BCUT2D eigenvalue weighted by atomic mass is 10.1. The number of likely N-dealkylation sites (N-methyl/N-ethyl adjacent to an activating group) is 1. The van der Waals surface area contributed by atoms with Gasteiger partial charge >= 0.3 is 0 Å². The standard InChI is InChI=1S/C12H19N3O3/c1-3-14(5-4-13)9-10-6-11(15(16)17)8-12(7-10)18-2/h6-8H,3-5,9,13H2,1-2H3. The largest absolute Gasteiger partial charge is 0.496 e. The Morgan fingerprint density at radius 1 is 1.44 bits per heavy atom. The lowest BCUT2D eigenvalue weighted by Gasteiger charge is -2.19. The average molecular weight is 253 g/mol. The second-order valence-corrected chi connectivity index (χ2v) is 3.95. The van der Waals surface area contributed by atoms with Gasteiger partial charge in [0.05, 0.1) is 18.1 Å². The summed E-state index contributed by atoms with van der Waals surface area (Å²) in [6.07, 6.45) is 0. The van der Waals surface area contributed by atoms with Gasteiger partial charge in [0.15, 0.2) is 0 Å². The smallest absolute Gasteiger partial charge is 0.273 e. The van der Waals surface area contributed by atoms with E-state index in [1.54, 1.807) is 6.07 Å². The number of nitro benzene ring substituents is 1. The molecule has 0 atom stereocenters. The van der Waals surface area contributed by atoms with Gasteiger partial charge in [-0.1, -0.05) is 6.92 Å². The number of benzene rings is 1. The van der Waals surface area contributed by atoms with Gasteiger partial charge in [-0.25, -0.2) is 0 Å². The maximum absolute atomic E-state index is 10.8. The minimum absolute atomic E-state index is 0.0492. The molecule has 0 aromatic heterocycles. The van der Waals surface area contributed by atoms with Gasteiger partial charge in [0, 0.05) is 25.7 Å². The minimum Gasteiger partial charge on any atom is -0.496 e. The number of rotatable bonds is 7. The molecule has 0 bridgehead atoms. The van der Waals surface area contributed by atoms with Gasteiger partial charge in [0.2, 0.25) is 0 Å². The van der Waals surface area contributed by atoms with Crippen LogP contribution in [0.4, 0.5) is 5.69 Å². The van der Waals surface area contributed by atoms with Crippen LogP contribution in [0.3, 0.4) is 0 Å². The Bertz CT molecular complexity index is 410. The van der Waals surface area contributed by atoms with Crippen LogP contribution in [0.25, 0.3) is 0 Å². The molecule has 0 aliphatic heterocycles. The topological polar surface area (TPSA) is 81.6 Å². The summed E-state index contributed by atoms with van der Waals surface area (Å²) in [5.74, 6) is 0.503. The van der Waals surface area contributed by atoms with Crippen molar-refractivity contribution in [2.75, 3.05) is 26.7 Å². The van der Waals surface area contributed by atoms with Gasteiger partial charge in [-0.3, -0.25) is 15.0 Å². The van der Waals surface area contributed by atoms with Gasteiger partial charge in [0.1, 0.15) is 5.75 Å². The van der Waals surface area contributed by atoms with Crippen molar-refractivity contribution in [2.24, 2.45) is 5.73 Å². The van der Waals surface area contributed by atoms with Crippen molar-refractivity contribution in [2.45, 2.75) is 13.5 Å². The van der Waals surface area contributed by atoms with E-state index < -0.39 is 4.92 Å². The summed E-state index contributed by atoms with van der Waals surface area (Å²) in [4.78, 5) is 12.5. The number of nitrogens with zero attached hydrogens (tertiary/aromatic N) is 2. The molecule has 0 spiro atoms. The van der Waals surface area contributed by atoms with E-state index in [4.69, 9.17) is 10.5 Å². The molecule has 6 heteroatoms. The zero-order valence-corrected chi connectivity index (χ0v) is 10.8. The summed E-state index contributed by atoms with van der Waals surface area (Å²) in [6.45, 7) is 4.85. The van der Waals surface area contributed by atoms with Crippen LogP contribution in [0.5, 0.6) is 5.75 Å². The molecule has 0 aliphatic carbocycles. The van der Waals surface area contributed by atoms with Crippen LogP contribution in [0.1, 0.15) is 12.5 Å². The number of nitrogens with two attached hydrogens (primary N) is 1. The lowest BCUT2D eigenvalue weighted by Crippen LogP contribution is -2.28. The van der Waals surface area contributed by atoms with Gasteiger partial charge in [-0.2, -0.15) is 0 Å². The van der Waals surface area contributed by atoms with Gasteiger partial charge < -0.3 is 10.5 Å². The van der Waals surface area contributed by atoms with Crippen LogP contribution in [-0.4, -0.2) is 36.6 Å². The van der Waals surface area contributed by atoms with E-state index in [0.29, 0.717) is 18.8 Å². The van der Waals surface area contributed by atoms with Crippen LogP contribution in [0.15, 0.2) is 18.2 Å². The first kappa shape index (κ1) is 14.4. The van der Waals surface area contributed by atoms with E-state index in [0.717, 1.165) is 18.7 Å². The fraction of sp³-hybridized carbons (Fsp3) is 0.500. The van der Waals surface area contributed by atoms with Crippen molar-refractivity contribution < 1.29 is 9.66 Å². The number of non-ortho nitro benzene ring substituents is 1. The molecule has 1 aromatic rings. The summed E-state index contributed by atoms with van der Waals surface area (Å²) < 4.78 is 5.07. The molecule has 0 fully saturated rings. The van der Waals surface area contributed by atoms with Crippen molar-refractivity contribution >= 4 is 5.69 Å². The van der Waals surface area contributed by atoms with E-state index in [-0.39, 0.29) is 5.69 Å². The molecule has 6 nitrogen and oxygen atoms in total. The molecule has 0 heterocycles. The molecular weight excluding hydrogens is 234 g/mol. The second kappa shape index (κ2) is 6.93. The zero-order chi connectivity index (χ0) is 13.5. The van der Waals surface area contributed by atoms with Crippen molar-refractivity contribution in [3.8, 4) is 5.75 Å². The highest BCUT2D eigenvalue weighted by Crippen LogP contribution is 2.23. The Morgan fingerprint density at radius 3 is 2.67 bits per heavy atom. The van der Waals surface area contributed by atoms with Gasteiger partial charge in [-0.05, 0) is 18.2 Å². The van der Waals surface area contributed by atoms with Gasteiger partial charge in [-0.15, -0.1) is 0 Å². The third-order valence-corrected chi connectivity index (χ3v) is 2.70. The summed E-state index contributed by atoms with van der Waals surface area (Å²) in [6, 6.07) is 4.80. The number of ether oxygens (including phenoxy) is 1. The highest BCUT2D eigenvalue weighted by atomic mass is 16.6. The summed E-state index contributed by atoms with van der Waals surface area (Å²) in [5, 5.41) is 10.8. The third kappa shape index (κ3) is 3.97. The van der Waals surface area contributed by atoms with Crippen molar-refractivity contribution in [3.05, 3.63) is 33.9 Å². The molecule has 0 saturated carbocycles. The molecule has 0 unspecified atom stereocenters. The van der Waals surface area contributed by atoms with E-state index >= 15 is 0 Å². The average Bonchev–Trinajstić information content (AvgIpc) is 2.37. The summed E-state index contributed by atoms with van der Waals surface area (Å²) in [7, 11) is 1.50. The van der Waals surface area contributed by atoms with Crippen molar-refractivity contribution in [1.29, 1.82) is 0 Å². The Kier molecular flexibility index (Phi) is 5.54. The van der Waals surface area contributed by atoms with Crippen LogP contribution in [-0.2, 0) is 6.54 Å². The monoisotopic (exact) mass is 253 g/mol. The molecule has 100 valence electrons. The highest BCUT2D eigenvalue weighted by Gasteiger charge is 2.12. The molecule has 2 N–H and O–H groups in total. The Morgan fingerprint density at radius 2 is 2.17 bits per heavy atom. The fourth-order valence-electron chi connectivity index (χ4n) is 1.75. The van der Waals surface area contributed by atoms with Crippen molar-refractivity contribution in [3.63, 3.8) is 0 Å². The number of nitro groups is 1. The molecule has 18 heavy (non-hydrogen) atoms. The molecule has 0 aliphatic rings. The van der Waals surface area contributed by atoms with E-state index in [1.165, 1.54) is 13.2 Å². The maximum Gasteiger partial charge on any atom is 0.273 e. The van der Waals surface area contributed by atoms with E-state index in [9.17, 15) is 10.1 Å². The molecule has 1 rings (SSSR count). The first-order chi connectivity index (χ1) is 8.60. The van der Waals surface area contributed by atoms with Crippen LogP contribution >= 0.6 is 0 Å². The zero-order valence-electron chi connectivity index (χ0n) is 10.8. The SMILES string of the molecule is CCN(CCN)Cc1cc(OC)cc([N+](=O)[O-])c1. The Labute approximate surface area is 106 Å². The summed E-state index contributed by atoms with van der Waals surface area (Å²) in [5.41, 5.74) is 6.43. The second-order valence-electron chi connectivity index (χ2n) is 3.95. The maximum atomic E-state index is 10.8. The predicted octanol–water partition coefficient (Wildman–Crippen LogP) is 1.38. The quantitative estimate of drug-likeness (QED) is 0.586. The summed E-state index contributed by atoms with van der Waals surface area (Å²) >= 11 is 0. The third-order valence-electron chi connectivity index (χ3n) is 2.70. The number of methoxy groups -OCH3 is 1. The molecule has 0 amide bonds. The number of hydrogen-bond acceptors (Lipinski definition) is 5. The van der Waals surface area contributed by atoms with Crippen LogP contribution in [0, 0.1) is 10.1 Å². The Balaban J connectivity index is 2.93. The molecule has 1 aromatic carbocycles. The molecular formula is C12H19N3O3. The first-order valence-corrected chi connectivity index (χ1v) is 5.85.